The summed E-state index contributed by atoms with van der Waals surface area (Å²) < 4.78 is 13.5. The molecule has 1 rings (SSSR count). The highest BCUT2D eigenvalue weighted by atomic mass is 16.8. The van der Waals surface area contributed by atoms with Crippen LogP contribution >= 0.6 is 0 Å². The van der Waals surface area contributed by atoms with Gasteiger partial charge in [0, 0.05) is 6.61 Å². The first kappa shape index (κ1) is 8.07. The molecule has 5 nitrogen and oxygen atoms in total. The van der Waals surface area contributed by atoms with E-state index in [1.54, 1.807) is 0 Å². The molecular weight excluding hydrogens is 151 g/mol. The Kier molecular flexibility index (Phi) is 2.48. The summed E-state index contributed by atoms with van der Waals surface area (Å²) in [7, 11) is -1.13. The number of hydrogen-bond acceptors (Lipinski definition) is 5. The molecule has 1 aliphatic heterocycles. The van der Waals surface area contributed by atoms with Gasteiger partial charge in [-0.2, -0.15) is 0 Å². The lowest BCUT2D eigenvalue weighted by atomic mass is 10.2. The van der Waals surface area contributed by atoms with Crippen LogP contribution in [0.1, 0.15) is 13.3 Å². The van der Waals surface area contributed by atoms with Gasteiger partial charge in [0.15, 0.2) is 0 Å². The Hall–Kier alpha value is -1.04. The number of rotatable bonds is 3. The second-order valence-corrected chi connectivity index (χ2v) is 1.97. The van der Waals surface area contributed by atoms with Gasteiger partial charge in [-0.25, -0.2) is 9.59 Å². The highest BCUT2D eigenvalue weighted by molar-refractivity contribution is 6.55. The molecule has 0 aromatic rings. The zero-order chi connectivity index (χ0) is 8.27. The first-order valence-corrected chi connectivity index (χ1v) is 3.27. The average Bonchev–Trinajstić information content (AvgIpc) is 2.28. The van der Waals surface area contributed by atoms with Gasteiger partial charge >= 0.3 is 19.3 Å². The molecule has 0 bridgehead atoms. The van der Waals surface area contributed by atoms with Gasteiger partial charge in [0.2, 0.25) is 0 Å². The van der Waals surface area contributed by atoms with E-state index in [4.69, 9.17) is 4.65 Å². The standard InChI is InChI=1S/C5H7BO5/c1-2-3-9-6-10-4(7)5(8)11-6/h2-3H2,1H3. The minimum atomic E-state index is -1.13. The third-order valence-electron chi connectivity index (χ3n) is 1.03. The lowest BCUT2D eigenvalue weighted by molar-refractivity contribution is -0.150. The molecule has 0 aromatic heterocycles. The first-order valence-electron chi connectivity index (χ1n) is 3.27. The maximum Gasteiger partial charge on any atom is 0.792 e. The molecule has 6 heteroatoms. The van der Waals surface area contributed by atoms with Gasteiger partial charge in [-0.1, -0.05) is 6.92 Å². The maximum absolute atomic E-state index is 10.4. The van der Waals surface area contributed by atoms with Crippen LogP contribution in [0.15, 0.2) is 0 Å². The van der Waals surface area contributed by atoms with E-state index in [0.717, 1.165) is 6.42 Å². The van der Waals surface area contributed by atoms with E-state index < -0.39 is 19.3 Å². The van der Waals surface area contributed by atoms with Gasteiger partial charge in [0.1, 0.15) is 0 Å². The van der Waals surface area contributed by atoms with Crippen molar-refractivity contribution < 1.29 is 23.6 Å². The second kappa shape index (κ2) is 3.38. The van der Waals surface area contributed by atoms with Gasteiger partial charge in [-0.15, -0.1) is 0 Å². The molecule has 0 radical (unpaired) electrons. The largest absolute Gasteiger partial charge is 0.792 e. The molecule has 0 saturated carbocycles. The van der Waals surface area contributed by atoms with Gasteiger partial charge in [0.25, 0.3) is 0 Å². The summed E-state index contributed by atoms with van der Waals surface area (Å²) in [5.74, 6) is -1.99. The predicted molar refractivity (Wildman–Crippen MR) is 34.2 cm³/mol. The second-order valence-electron chi connectivity index (χ2n) is 1.97. The summed E-state index contributed by atoms with van der Waals surface area (Å²) in [6, 6.07) is 0. The van der Waals surface area contributed by atoms with E-state index in [1.807, 2.05) is 6.92 Å². The Bertz CT molecular complexity index is 164. The molecule has 0 atom stereocenters. The third-order valence-corrected chi connectivity index (χ3v) is 1.03. The van der Waals surface area contributed by atoms with Gasteiger partial charge in [0.05, 0.1) is 0 Å². The van der Waals surface area contributed by atoms with Crippen molar-refractivity contribution in [2.75, 3.05) is 6.61 Å². The first-order chi connectivity index (χ1) is 5.24. The van der Waals surface area contributed by atoms with Crippen molar-refractivity contribution in [3.05, 3.63) is 0 Å². The molecular formula is C5H7BO5. The summed E-state index contributed by atoms with van der Waals surface area (Å²) in [4.78, 5) is 20.7. The fraction of sp³-hybridized carbons (Fsp3) is 0.600. The van der Waals surface area contributed by atoms with Crippen molar-refractivity contribution in [2.24, 2.45) is 0 Å². The summed E-state index contributed by atoms with van der Waals surface area (Å²) in [5.41, 5.74) is 0. The van der Waals surface area contributed by atoms with E-state index in [1.165, 1.54) is 0 Å². The van der Waals surface area contributed by atoms with Crippen molar-refractivity contribution in [3.8, 4) is 0 Å². The Labute approximate surface area is 63.8 Å². The fourth-order valence-electron chi connectivity index (χ4n) is 0.577. The maximum atomic E-state index is 10.4. The van der Waals surface area contributed by atoms with Crippen molar-refractivity contribution in [3.63, 3.8) is 0 Å². The fourth-order valence-corrected chi connectivity index (χ4v) is 0.577. The minimum Gasteiger partial charge on any atom is -0.465 e. The van der Waals surface area contributed by atoms with Crippen LogP contribution in [-0.4, -0.2) is 25.9 Å². The van der Waals surface area contributed by atoms with E-state index >= 15 is 0 Å². The average molecular weight is 158 g/mol. The normalized spacial score (nSPS) is 16.6. The summed E-state index contributed by atoms with van der Waals surface area (Å²) in [5, 5.41) is 0. The van der Waals surface area contributed by atoms with E-state index in [9.17, 15) is 9.59 Å². The Balaban J connectivity index is 2.29. The lowest BCUT2D eigenvalue weighted by Gasteiger charge is -1.99. The molecule has 0 aliphatic carbocycles. The topological polar surface area (TPSA) is 61.8 Å². The van der Waals surface area contributed by atoms with E-state index in [-0.39, 0.29) is 0 Å². The van der Waals surface area contributed by atoms with Crippen LogP contribution in [0, 0.1) is 0 Å². The molecule has 1 fully saturated rings. The van der Waals surface area contributed by atoms with Gasteiger partial charge in [-0.05, 0) is 6.42 Å². The molecule has 0 unspecified atom stereocenters. The molecule has 1 aliphatic rings. The SMILES string of the molecule is CCCOB1OC(=O)C(=O)O1. The number of carbonyl (C=O) groups is 2. The van der Waals surface area contributed by atoms with Crippen molar-refractivity contribution in [1.82, 2.24) is 0 Å². The van der Waals surface area contributed by atoms with Crippen molar-refractivity contribution >= 4 is 19.3 Å². The van der Waals surface area contributed by atoms with E-state index in [2.05, 4.69) is 9.31 Å². The molecule has 0 N–H and O–H groups in total. The van der Waals surface area contributed by atoms with Crippen LogP contribution in [0.3, 0.4) is 0 Å². The Morgan fingerprint density at radius 1 is 1.36 bits per heavy atom. The predicted octanol–water partition coefficient (Wildman–Crippen LogP) is -0.502. The molecule has 0 spiro atoms. The molecule has 0 amide bonds. The van der Waals surface area contributed by atoms with Gasteiger partial charge < -0.3 is 14.0 Å². The Morgan fingerprint density at radius 3 is 2.36 bits per heavy atom. The van der Waals surface area contributed by atoms with Crippen LogP contribution in [0.2, 0.25) is 0 Å². The summed E-state index contributed by atoms with van der Waals surface area (Å²) in [6.45, 7) is 2.28. The van der Waals surface area contributed by atoms with Crippen molar-refractivity contribution in [1.29, 1.82) is 0 Å². The molecule has 60 valence electrons. The smallest absolute Gasteiger partial charge is 0.465 e. The van der Waals surface area contributed by atoms with Crippen LogP contribution in [0.25, 0.3) is 0 Å². The van der Waals surface area contributed by atoms with Crippen LogP contribution < -0.4 is 0 Å². The van der Waals surface area contributed by atoms with Crippen LogP contribution in [0.4, 0.5) is 0 Å². The quantitative estimate of drug-likeness (QED) is 0.409. The van der Waals surface area contributed by atoms with Crippen LogP contribution in [-0.2, 0) is 23.6 Å². The third kappa shape index (κ3) is 1.94. The number of carbonyl (C=O) groups excluding carboxylic acids is 2. The molecule has 1 heterocycles. The van der Waals surface area contributed by atoms with Gasteiger partial charge in [-0.3, -0.25) is 0 Å². The zero-order valence-electron chi connectivity index (χ0n) is 6.03. The minimum absolute atomic E-state index is 0.394. The van der Waals surface area contributed by atoms with Crippen LogP contribution in [0.5, 0.6) is 0 Å². The molecule has 1 saturated heterocycles. The lowest BCUT2D eigenvalue weighted by Crippen LogP contribution is -2.20. The van der Waals surface area contributed by atoms with E-state index in [0.29, 0.717) is 6.61 Å². The molecule has 0 aromatic carbocycles. The highest BCUT2D eigenvalue weighted by Gasteiger charge is 2.43. The Morgan fingerprint density at radius 2 is 1.91 bits per heavy atom. The summed E-state index contributed by atoms with van der Waals surface area (Å²) in [6.07, 6.45) is 0.769. The number of hydrogen-bond donors (Lipinski definition) is 0. The highest BCUT2D eigenvalue weighted by Crippen LogP contribution is 2.03. The molecule has 11 heavy (non-hydrogen) atoms. The summed E-state index contributed by atoms with van der Waals surface area (Å²) >= 11 is 0. The zero-order valence-corrected chi connectivity index (χ0v) is 6.03. The van der Waals surface area contributed by atoms with Crippen molar-refractivity contribution in [2.45, 2.75) is 13.3 Å². The monoisotopic (exact) mass is 158 g/mol.